The molecule has 0 N–H and O–H groups in total. The Kier molecular flexibility index (Phi) is 7.30. The van der Waals surface area contributed by atoms with Gasteiger partial charge in [-0.1, -0.05) is 61.3 Å². The van der Waals surface area contributed by atoms with E-state index in [-0.39, 0.29) is 0 Å². The Morgan fingerprint density at radius 1 is 0.800 bits per heavy atom. The third-order valence-corrected chi connectivity index (χ3v) is 4.15. The van der Waals surface area contributed by atoms with E-state index in [0.29, 0.717) is 0 Å². The third-order valence-electron chi connectivity index (χ3n) is 4.15. The molecule has 0 heteroatoms. The van der Waals surface area contributed by atoms with Gasteiger partial charge in [-0.3, -0.25) is 0 Å². The van der Waals surface area contributed by atoms with Crippen LogP contribution in [0.5, 0.6) is 0 Å². The van der Waals surface area contributed by atoms with Crippen molar-refractivity contribution in [1.29, 1.82) is 0 Å². The largest absolute Gasteiger partial charge is 0.0651 e. The second-order valence-corrected chi connectivity index (χ2v) is 6.12. The first-order chi connectivity index (χ1) is 6.90. The minimum Gasteiger partial charge on any atom is -0.0651 e. The van der Waals surface area contributed by atoms with E-state index in [4.69, 9.17) is 0 Å². The van der Waals surface area contributed by atoms with Crippen molar-refractivity contribution in [1.82, 2.24) is 0 Å². The van der Waals surface area contributed by atoms with Crippen molar-refractivity contribution in [2.45, 2.75) is 67.7 Å². The van der Waals surface area contributed by atoms with Gasteiger partial charge in [-0.05, 0) is 36.0 Å². The molecule has 0 heterocycles. The van der Waals surface area contributed by atoms with E-state index in [0.717, 1.165) is 29.6 Å². The highest BCUT2D eigenvalue weighted by Crippen LogP contribution is 2.33. The molecule has 0 nitrogen and oxygen atoms in total. The third kappa shape index (κ3) is 5.58. The van der Waals surface area contributed by atoms with E-state index in [1.165, 1.54) is 19.3 Å². The predicted octanol–water partition coefficient (Wildman–Crippen LogP) is 5.38. The van der Waals surface area contributed by atoms with Crippen LogP contribution in [0.3, 0.4) is 0 Å². The maximum Gasteiger partial charge on any atom is -0.0363 e. The minimum atomic E-state index is 0.841. The summed E-state index contributed by atoms with van der Waals surface area (Å²) in [4.78, 5) is 0. The van der Waals surface area contributed by atoms with Crippen molar-refractivity contribution in [2.75, 3.05) is 0 Å². The van der Waals surface area contributed by atoms with E-state index in [2.05, 4.69) is 48.5 Å². The lowest BCUT2D eigenvalue weighted by Crippen LogP contribution is -2.23. The standard InChI is InChI=1S/C15H32/c1-8-13(6)14(7)15(12(4)5)10-9-11(2)3/h11-15H,8-10H2,1-7H3. The van der Waals surface area contributed by atoms with Crippen LogP contribution in [0.25, 0.3) is 0 Å². The molecule has 0 bridgehead atoms. The molecule has 0 aromatic heterocycles. The van der Waals surface area contributed by atoms with Crippen molar-refractivity contribution in [3.63, 3.8) is 0 Å². The van der Waals surface area contributed by atoms with Gasteiger partial charge >= 0.3 is 0 Å². The van der Waals surface area contributed by atoms with Crippen molar-refractivity contribution in [3.8, 4) is 0 Å². The lowest BCUT2D eigenvalue weighted by atomic mass is 9.74. The summed E-state index contributed by atoms with van der Waals surface area (Å²) in [5.41, 5.74) is 0. The number of hydrogen-bond acceptors (Lipinski definition) is 0. The summed E-state index contributed by atoms with van der Waals surface area (Å²) >= 11 is 0. The summed E-state index contributed by atoms with van der Waals surface area (Å²) in [5.74, 6) is 4.38. The molecule has 15 heavy (non-hydrogen) atoms. The fourth-order valence-corrected chi connectivity index (χ4v) is 2.52. The molecule has 0 saturated carbocycles. The van der Waals surface area contributed by atoms with Gasteiger partial charge < -0.3 is 0 Å². The van der Waals surface area contributed by atoms with Gasteiger partial charge in [0.05, 0.1) is 0 Å². The Balaban J connectivity index is 4.25. The highest BCUT2D eigenvalue weighted by Gasteiger charge is 2.24. The molecule has 0 aliphatic carbocycles. The van der Waals surface area contributed by atoms with E-state index in [1.807, 2.05) is 0 Å². The van der Waals surface area contributed by atoms with E-state index in [9.17, 15) is 0 Å². The fourth-order valence-electron chi connectivity index (χ4n) is 2.52. The van der Waals surface area contributed by atoms with Crippen molar-refractivity contribution in [3.05, 3.63) is 0 Å². The Hall–Kier alpha value is 0. The fraction of sp³-hybridized carbons (Fsp3) is 1.00. The van der Waals surface area contributed by atoms with Gasteiger partial charge in [-0.2, -0.15) is 0 Å². The molecule has 0 aliphatic rings. The molecule has 3 atom stereocenters. The molecule has 92 valence electrons. The van der Waals surface area contributed by atoms with Gasteiger partial charge in [-0.15, -0.1) is 0 Å². The Morgan fingerprint density at radius 3 is 1.67 bits per heavy atom. The monoisotopic (exact) mass is 212 g/mol. The molecule has 0 spiro atoms. The molecule has 0 radical (unpaired) electrons. The van der Waals surface area contributed by atoms with Crippen LogP contribution < -0.4 is 0 Å². The van der Waals surface area contributed by atoms with E-state index >= 15 is 0 Å². The molecule has 3 unspecified atom stereocenters. The zero-order chi connectivity index (χ0) is 12.0. The smallest absolute Gasteiger partial charge is 0.0363 e. The Labute approximate surface area is 97.8 Å². The van der Waals surface area contributed by atoms with Crippen LogP contribution in [0.2, 0.25) is 0 Å². The molecule has 0 saturated heterocycles. The van der Waals surface area contributed by atoms with Crippen LogP contribution in [-0.2, 0) is 0 Å². The highest BCUT2D eigenvalue weighted by atomic mass is 14.3. The second-order valence-electron chi connectivity index (χ2n) is 6.12. The Bertz CT molecular complexity index is 146. The number of hydrogen-bond donors (Lipinski definition) is 0. The van der Waals surface area contributed by atoms with Gasteiger partial charge in [-0.25, -0.2) is 0 Å². The lowest BCUT2D eigenvalue weighted by Gasteiger charge is -2.32. The van der Waals surface area contributed by atoms with Crippen LogP contribution >= 0.6 is 0 Å². The van der Waals surface area contributed by atoms with Crippen molar-refractivity contribution < 1.29 is 0 Å². The average Bonchev–Trinajstić information content (AvgIpc) is 2.15. The highest BCUT2D eigenvalue weighted by molar-refractivity contribution is 4.74. The predicted molar refractivity (Wildman–Crippen MR) is 71.0 cm³/mol. The summed E-state index contributed by atoms with van der Waals surface area (Å²) in [6.45, 7) is 16.7. The first kappa shape index (κ1) is 15.0. The van der Waals surface area contributed by atoms with E-state index in [1.54, 1.807) is 0 Å². The number of rotatable bonds is 7. The van der Waals surface area contributed by atoms with Gasteiger partial charge in [0.2, 0.25) is 0 Å². The summed E-state index contributed by atoms with van der Waals surface area (Å²) in [5, 5.41) is 0. The molecule has 0 rings (SSSR count). The summed E-state index contributed by atoms with van der Waals surface area (Å²) < 4.78 is 0. The molecule has 0 amide bonds. The van der Waals surface area contributed by atoms with Crippen molar-refractivity contribution >= 4 is 0 Å². The zero-order valence-corrected chi connectivity index (χ0v) is 12.0. The van der Waals surface area contributed by atoms with Crippen LogP contribution in [-0.4, -0.2) is 0 Å². The zero-order valence-electron chi connectivity index (χ0n) is 12.0. The first-order valence-corrected chi connectivity index (χ1v) is 6.90. The maximum atomic E-state index is 2.46. The van der Waals surface area contributed by atoms with Gasteiger partial charge in [0.15, 0.2) is 0 Å². The second kappa shape index (κ2) is 7.30. The molecule has 0 aliphatic heterocycles. The normalized spacial score (nSPS) is 18.2. The topological polar surface area (TPSA) is 0 Å². The quantitative estimate of drug-likeness (QED) is 0.531. The van der Waals surface area contributed by atoms with Crippen LogP contribution in [0.4, 0.5) is 0 Å². The SMILES string of the molecule is CCC(C)C(C)C(CCC(C)C)C(C)C. The molecular formula is C15H32. The van der Waals surface area contributed by atoms with Crippen LogP contribution in [0.15, 0.2) is 0 Å². The maximum absolute atomic E-state index is 2.46. The summed E-state index contributed by atoms with van der Waals surface area (Å²) in [6.07, 6.45) is 4.14. The van der Waals surface area contributed by atoms with E-state index < -0.39 is 0 Å². The van der Waals surface area contributed by atoms with Crippen LogP contribution in [0.1, 0.15) is 67.7 Å². The lowest BCUT2D eigenvalue weighted by molar-refractivity contribution is 0.180. The average molecular weight is 212 g/mol. The molecular weight excluding hydrogens is 180 g/mol. The molecule has 0 fully saturated rings. The molecule has 0 aromatic carbocycles. The van der Waals surface area contributed by atoms with Gasteiger partial charge in [0, 0.05) is 0 Å². The Morgan fingerprint density at radius 2 is 1.33 bits per heavy atom. The van der Waals surface area contributed by atoms with Gasteiger partial charge in [0.1, 0.15) is 0 Å². The minimum absolute atomic E-state index is 0.841. The summed E-state index contributed by atoms with van der Waals surface area (Å²) in [7, 11) is 0. The summed E-state index contributed by atoms with van der Waals surface area (Å²) in [6, 6.07) is 0. The van der Waals surface area contributed by atoms with Gasteiger partial charge in [0.25, 0.3) is 0 Å². The molecule has 0 aromatic rings. The van der Waals surface area contributed by atoms with Crippen LogP contribution in [0, 0.1) is 29.6 Å². The van der Waals surface area contributed by atoms with Crippen molar-refractivity contribution in [2.24, 2.45) is 29.6 Å². The first-order valence-electron chi connectivity index (χ1n) is 6.90.